The fourth-order valence-corrected chi connectivity index (χ4v) is 3.04. The highest BCUT2D eigenvalue weighted by atomic mass is 79.9. The molecule has 19 heavy (non-hydrogen) atoms. The number of aliphatic hydroxyl groups excluding tert-OH is 1. The van der Waals surface area contributed by atoms with Crippen LogP contribution < -0.4 is 9.79 Å². The van der Waals surface area contributed by atoms with Crippen LogP contribution in [0, 0.1) is 0 Å². The number of nitrogens with zero attached hydrogens (tertiary/aromatic N) is 1. The minimum atomic E-state index is -0.762. The Morgan fingerprint density at radius 2 is 2.37 bits per heavy atom. The minimum Gasteiger partial charge on any atom is -0.392 e. The van der Waals surface area contributed by atoms with Crippen molar-refractivity contribution in [1.29, 1.82) is 0 Å². The Morgan fingerprint density at radius 3 is 3.00 bits per heavy atom. The normalized spacial score (nSPS) is 22.7. The number of aliphatic hydroxyl groups is 1. The molecule has 2 N–H and O–H groups in total. The van der Waals surface area contributed by atoms with E-state index in [-0.39, 0.29) is 6.61 Å². The molecule has 1 atom stereocenters. The zero-order valence-electron chi connectivity index (χ0n) is 10.6. The van der Waals surface area contributed by atoms with Gasteiger partial charge in [0.05, 0.1) is 12.3 Å². The van der Waals surface area contributed by atoms with Crippen LogP contribution in [0.25, 0.3) is 0 Å². The molecule has 1 aliphatic rings. The summed E-state index contributed by atoms with van der Waals surface area (Å²) < 4.78 is 13.7. The van der Waals surface area contributed by atoms with Crippen LogP contribution in [-0.2, 0) is 9.02 Å². The lowest BCUT2D eigenvalue weighted by Crippen LogP contribution is -2.47. The second-order valence-electron chi connectivity index (χ2n) is 4.31. The van der Waals surface area contributed by atoms with Gasteiger partial charge < -0.3 is 9.84 Å². The summed E-state index contributed by atoms with van der Waals surface area (Å²) in [6.07, 6.45) is 1.66. The molecule has 2 rings (SSSR count). The summed E-state index contributed by atoms with van der Waals surface area (Å²) in [6.45, 7) is 0.536. The average molecular weight is 349 g/mol. The zero-order chi connectivity index (χ0) is 13.7. The van der Waals surface area contributed by atoms with Gasteiger partial charge in [-0.3, -0.25) is 4.31 Å². The molecule has 0 aromatic heterocycles. The number of hydrogen-bond acceptors (Lipinski definition) is 6. The van der Waals surface area contributed by atoms with Crippen molar-refractivity contribution >= 4 is 33.8 Å². The molecule has 1 aliphatic heterocycles. The highest BCUT2D eigenvalue weighted by molar-refractivity contribution is 9.10. The number of rotatable bonds is 6. The smallest absolute Gasteiger partial charge is 0.165 e. The van der Waals surface area contributed by atoms with E-state index >= 15 is 0 Å². The number of hydrogen-bond donors (Lipinski definition) is 2. The molecule has 0 aliphatic carbocycles. The first-order valence-electron chi connectivity index (χ1n) is 6.01. The summed E-state index contributed by atoms with van der Waals surface area (Å²) in [6, 6.07) is 7.86. The van der Waals surface area contributed by atoms with Crippen molar-refractivity contribution in [3.05, 3.63) is 28.7 Å². The molecule has 1 fully saturated rings. The predicted molar refractivity (Wildman–Crippen MR) is 79.4 cm³/mol. The lowest BCUT2D eigenvalue weighted by molar-refractivity contribution is -0.116. The van der Waals surface area contributed by atoms with Crippen molar-refractivity contribution in [3.8, 4) is 0 Å². The van der Waals surface area contributed by atoms with Gasteiger partial charge in [0.1, 0.15) is 12.2 Å². The molecule has 0 radical (unpaired) electrons. The molecule has 1 unspecified atom stereocenters. The third-order valence-electron chi connectivity index (χ3n) is 2.93. The zero-order valence-corrected chi connectivity index (χ0v) is 13.0. The van der Waals surface area contributed by atoms with Gasteiger partial charge in [-0.15, -0.1) is 0 Å². The maximum Gasteiger partial charge on any atom is 0.165 e. The van der Waals surface area contributed by atoms with E-state index in [9.17, 15) is 5.11 Å². The van der Waals surface area contributed by atoms with E-state index < -0.39 is 5.72 Å². The Balaban J connectivity index is 1.84. The van der Waals surface area contributed by atoms with Gasteiger partial charge >= 0.3 is 0 Å². The van der Waals surface area contributed by atoms with Crippen LogP contribution in [0.1, 0.15) is 12.8 Å². The van der Waals surface area contributed by atoms with Gasteiger partial charge in [-0.25, -0.2) is 4.28 Å². The summed E-state index contributed by atoms with van der Waals surface area (Å²) in [5.41, 5.74) is 3.04. The van der Waals surface area contributed by atoms with Crippen LogP contribution in [-0.4, -0.2) is 31.1 Å². The van der Waals surface area contributed by atoms with Crippen LogP contribution in [0.4, 0.5) is 5.69 Å². The van der Waals surface area contributed by atoms with Crippen molar-refractivity contribution in [2.45, 2.75) is 18.6 Å². The maximum atomic E-state index is 9.35. The summed E-state index contributed by atoms with van der Waals surface area (Å²) in [4.78, 5) is 0. The van der Waals surface area contributed by atoms with Gasteiger partial charge in [-0.05, 0) is 40.9 Å². The largest absolute Gasteiger partial charge is 0.392 e. The number of para-hydroxylation sites is 1. The third kappa shape index (κ3) is 3.84. The van der Waals surface area contributed by atoms with Crippen molar-refractivity contribution in [1.82, 2.24) is 5.48 Å². The van der Waals surface area contributed by atoms with E-state index in [1.54, 1.807) is 0 Å². The van der Waals surface area contributed by atoms with E-state index in [1.165, 1.54) is 0 Å². The number of hydroxylamine groups is 1. The fraction of sp³-hybridized carbons (Fsp3) is 0.500. The Morgan fingerprint density at radius 1 is 1.58 bits per heavy atom. The second kappa shape index (κ2) is 6.92. The van der Waals surface area contributed by atoms with E-state index in [0.29, 0.717) is 6.61 Å². The Kier molecular flexibility index (Phi) is 5.49. The van der Waals surface area contributed by atoms with Crippen molar-refractivity contribution in [3.63, 3.8) is 0 Å². The van der Waals surface area contributed by atoms with Crippen LogP contribution in [0.3, 0.4) is 0 Å². The number of anilines is 1. The summed E-state index contributed by atoms with van der Waals surface area (Å²) in [7, 11) is 1.90. The standard InChI is InChI=1S/C12H17BrN2O3S/c1-15(11-6-3-2-5-10(11)13)19-18-14-12(9-16)7-4-8-17-12/h2-3,5-6,14,16H,4,7-9H2,1H3. The number of nitrogens with one attached hydrogen (secondary N) is 1. The molecule has 1 aromatic rings. The summed E-state index contributed by atoms with van der Waals surface area (Å²) >= 11 is 4.63. The Bertz CT molecular complexity index is 416. The molecule has 106 valence electrons. The van der Waals surface area contributed by atoms with Crippen LogP contribution in [0.2, 0.25) is 0 Å². The van der Waals surface area contributed by atoms with E-state index in [0.717, 1.165) is 35.2 Å². The molecule has 0 bridgehead atoms. The van der Waals surface area contributed by atoms with Crippen LogP contribution in [0.15, 0.2) is 28.7 Å². The fourth-order valence-electron chi connectivity index (χ4n) is 1.83. The van der Waals surface area contributed by atoms with Crippen molar-refractivity contribution in [2.75, 3.05) is 24.6 Å². The van der Waals surface area contributed by atoms with Crippen molar-refractivity contribution < 1.29 is 14.1 Å². The number of ether oxygens (including phenoxy) is 1. The van der Waals surface area contributed by atoms with E-state index in [4.69, 9.17) is 9.02 Å². The first-order chi connectivity index (χ1) is 9.17. The molecule has 0 amide bonds. The van der Waals surface area contributed by atoms with Crippen molar-refractivity contribution in [2.24, 2.45) is 0 Å². The summed E-state index contributed by atoms with van der Waals surface area (Å²) in [5, 5.41) is 9.35. The van der Waals surface area contributed by atoms with E-state index in [1.807, 2.05) is 35.6 Å². The van der Waals surface area contributed by atoms with E-state index in [2.05, 4.69) is 21.4 Å². The molecule has 0 spiro atoms. The highest BCUT2D eigenvalue weighted by Gasteiger charge is 2.35. The van der Waals surface area contributed by atoms with Gasteiger partial charge in [0.15, 0.2) is 5.72 Å². The second-order valence-corrected chi connectivity index (χ2v) is 6.03. The van der Waals surface area contributed by atoms with Gasteiger partial charge in [0.25, 0.3) is 0 Å². The molecule has 5 nitrogen and oxygen atoms in total. The minimum absolute atomic E-state index is 0.105. The number of halogens is 1. The lowest BCUT2D eigenvalue weighted by atomic mass is 10.2. The lowest BCUT2D eigenvalue weighted by Gasteiger charge is -2.27. The van der Waals surface area contributed by atoms with Crippen LogP contribution in [0.5, 0.6) is 0 Å². The first-order valence-corrected chi connectivity index (χ1v) is 7.50. The Hall–Kier alpha value is -0.310. The SMILES string of the molecule is CN(SONC1(CO)CCCO1)c1ccccc1Br. The first kappa shape index (κ1) is 15.1. The molecule has 0 saturated carbocycles. The molecular weight excluding hydrogens is 332 g/mol. The van der Waals surface area contributed by atoms with Gasteiger partial charge in [-0.1, -0.05) is 12.1 Å². The quantitative estimate of drug-likeness (QED) is 0.468. The molecule has 1 saturated heterocycles. The average Bonchev–Trinajstić information content (AvgIpc) is 2.88. The number of benzene rings is 1. The highest BCUT2D eigenvalue weighted by Crippen LogP contribution is 2.30. The molecule has 7 heteroatoms. The van der Waals surface area contributed by atoms with Gasteiger partial charge in [-0.2, -0.15) is 5.48 Å². The Labute approximate surface area is 125 Å². The maximum absolute atomic E-state index is 9.35. The van der Waals surface area contributed by atoms with Crippen LogP contribution >= 0.6 is 28.2 Å². The summed E-state index contributed by atoms with van der Waals surface area (Å²) in [5.74, 6) is 0. The molecule has 1 heterocycles. The third-order valence-corrected chi connectivity index (χ3v) is 4.18. The topological polar surface area (TPSA) is 54.0 Å². The predicted octanol–water partition coefficient (Wildman–Crippen LogP) is 2.47. The molecular formula is C12H17BrN2O3S. The monoisotopic (exact) mass is 348 g/mol. The van der Waals surface area contributed by atoms with Gasteiger partial charge in [0, 0.05) is 18.1 Å². The molecule has 1 aromatic carbocycles. The van der Waals surface area contributed by atoms with Gasteiger partial charge in [0.2, 0.25) is 0 Å².